The van der Waals surface area contributed by atoms with Crippen LogP contribution in [0.25, 0.3) is 0 Å². The van der Waals surface area contributed by atoms with Crippen molar-refractivity contribution in [2.45, 2.75) is 44.7 Å². The molecule has 32 heavy (non-hydrogen) atoms. The number of ether oxygens (including phenoxy) is 1. The van der Waals surface area contributed by atoms with Gasteiger partial charge in [0.15, 0.2) is 5.69 Å². The summed E-state index contributed by atoms with van der Waals surface area (Å²) in [7, 11) is -3.66. The van der Waals surface area contributed by atoms with E-state index in [0.29, 0.717) is 61.9 Å². The highest BCUT2D eigenvalue weighted by Crippen LogP contribution is 2.31. The predicted octanol–water partition coefficient (Wildman–Crippen LogP) is 1.12. The van der Waals surface area contributed by atoms with Crippen LogP contribution in [-0.4, -0.2) is 61.1 Å². The van der Waals surface area contributed by atoms with Gasteiger partial charge in [0.1, 0.15) is 17.7 Å². The molecule has 0 radical (unpaired) electrons. The molecule has 1 amide bonds. The van der Waals surface area contributed by atoms with E-state index in [-0.39, 0.29) is 10.8 Å². The summed E-state index contributed by atoms with van der Waals surface area (Å²) in [6, 6.07) is 4.81. The van der Waals surface area contributed by atoms with Crippen LogP contribution in [0.1, 0.15) is 54.0 Å². The number of fused-ring (bicyclic) bond motifs is 1. The number of carbonyl (C=O) groups excluding carboxylic acids is 1. The van der Waals surface area contributed by atoms with Gasteiger partial charge in [-0.1, -0.05) is 6.92 Å². The van der Waals surface area contributed by atoms with Gasteiger partial charge in [-0.05, 0) is 38.5 Å². The van der Waals surface area contributed by atoms with Crippen LogP contribution in [0.5, 0.6) is 5.75 Å². The fourth-order valence-corrected chi connectivity index (χ4v) is 5.60. The maximum atomic E-state index is 13.2. The van der Waals surface area contributed by atoms with Gasteiger partial charge in [0, 0.05) is 38.2 Å². The van der Waals surface area contributed by atoms with E-state index in [4.69, 9.17) is 4.74 Å². The number of nitrogens with zero attached hydrogens (tertiary/aromatic N) is 3. The first-order valence-electron chi connectivity index (χ1n) is 11.0. The fraction of sp³-hybridized carbons (Fsp3) is 0.524. The minimum absolute atomic E-state index is 0.176. The number of imidazole rings is 1. The third-order valence-electron chi connectivity index (χ3n) is 5.65. The highest BCUT2D eigenvalue weighted by atomic mass is 32.2. The molecular formula is C21H30N6O4S. The maximum Gasteiger partial charge on any atom is 0.273 e. The second-order valence-corrected chi connectivity index (χ2v) is 9.81. The molecular weight excluding hydrogens is 432 g/mol. The molecule has 174 valence electrons. The number of piperazine rings is 1. The van der Waals surface area contributed by atoms with E-state index in [0.717, 1.165) is 12.2 Å². The van der Waals surface area contributed by atoms with Gasteiger partial charge in [-0.15, -0.1) is 0 Å². The Morgan fingerprint density at radius 1 is 1.22 bits per heavy atom. The zero-order valence-corrected chi connectivity index (χ0v) is 19.5. The summed E-state index contributed by atoms with van der Waals surface area (Å²) in [5, 5.41) is 6.10. The number of rotatable bonds is 7. The molecule has 0 saturated carbocycles. The first-order valence-corrected chi connectivity index (χ1v) is 12.4. The summed E-state index contributed by atoms with van der Waals surface area (Å²) < 4.78 is 35.4. The average Bonchev–Trinajstić information content (AvgIpc) is 3.10. The maximum absolute atomic E-state index is 13.2. The molecule has 11 heteroatoms. The first-order chi connectivity index (χ1) is 15.4. The summed E-state index contributed by atoms with van der Waals surface area (Å²) in [5.74, 6) is 1.02. The SMILES string of the molecule is CCCc1nc(C)c2n1NC(c1cc(S(=O)(=O)N3CCNCC3)ccc1OCC)NC2=O. The number of amides is 1. The summed E-state index contributed by atoms with van der Waals surface area (Å²) in [5.41, 5.74) is 4.97. The number of carbonyl (C=O) groups is 1. The molecule has 10 nitrogen and oxygen atoms in total. The van der Waals surface area contributed by atoms with Crippen LogP contribution in [0.15, 0.2) is 23.1 Å². The van der Waals surface area contributed by atoms with Crippen molar-refractivity contribution in [3.63, 3.8) is 0 Å². The van der Waals surface area contributed by atoms with Crippen LogP contribution in [0.2, 0.25) is 0 Å². The van der Waals surface area contributed by atoms with E-state index in [1.807, 2.05) is 6.92 Å². The molecule has 3 heterocycles. The smallest absolute Gasteiger partial charge is 0.273 e. The van der Waals surface area contributed by atoms with Crippen molar-refractivity contribution in [1.82, 2.24) is 24.6 Å². The molecule has 1 unspecified atom stereocenters. The number of nitrogens with one attached hydrogen (secondary N) is 3. The Hall–Kier alpha value is -2.63. The number of hydrogen-bond acceptors (Lipinski definition) is 7. The molecule has 1 fully saturated rings. The van der Waals surface area contributed by atoms with Crippen LogP contribution in [0.3, 0.4) is 0 Å². The zero-order valence-electron chi connectivity index (χ0n) is 18.6. The Balaban J connectivity index is 1.74. The van der Waals surface area contributed by atoms with Gasteiger partial charge < -0.3 is 15.4 Å². The highest BCUT2D eigenvalue weighted by molar-refractivity contribution is 7.89. The molecule has 0 bridgehead atoms. The zero-order chi connectivity index (χ0) is 22.9. The van der Waals surface area contributed by atoms with Crippen molar-refractivity contribution in [3.05, 3.63) is 41.0 Å². The van der Waals surface area contributed by atoms with Crippen molar-refractivity contribution >= 4 is 15.9 Å². The molecule has 4 rings (SSSR count). The first kappa shape index (κ1) is 22.6. The van der Waals surface area contributed by atoms with Gasteiger partial charge in [0.2, 0.25) is 10.0 Å². The van der Waals surface area contributed by atoms with E-state index < -0.39 is 16.2 Å². The molecule has 1 atom stereocenters. The van der Waals surface area contributed by atoms with E-state index in [9.17, 15) is 13.2 Å². The van der Waals surface area contributed by atoms with E-state index in [2.05, 4.69) is 28.0 Å². The second kappa shape index (κ2) is 9.08. The minimum Gasteiger partial charge on any atom is -0.493 e. The predicted molar refractivity (Wildman–Crippen MR) is 120 cm³/mol. The summed E-state index contributed by atoms with van der Waals surface area (Å²) in [6.07, 6.45) is 0.926. The molecule has 1 aromatic heterocycles. The quantitative estimate of drug-likeness (QED) is 0.564. The van der Waals surface area contributed by atoms with Crippen molar-refractivity contribution in [1.29, 1.82) is 0 Å². The number of hydrogen-bond donors (Lipinski definition) is 3. The Morgan fingerprint density at radius 3 is 2.66 bits per heavy atom. The van der Waals surface area contributed by atoms with Crippen LogP contribution in [0.4, 0.5) is 0 Å². The molecule has 3 N–H and O–H groups in total. The van der Waals surface area contributed by atoms with Crippen LogP contribution in [-0.2, 0) is 16.4 Å². The number of aryl methyl sites for hydroxylation is 2. The van der Waals surface area contributed by atoms with E-state index in [1.165, 1.54) is 4.31 Å². The van der Waals surface area contributed by atoms with Gasteiger partial charge in [-0.2, -0.15) is 4.31 Å². The van der Waals surface area contributed by atoms with Crippen molar-refractivity contribution in [2.24, 2.45) is 0 Å². The van der Waals surface area contributed by atoms with Gasteiger partial charge >= 0.3 is 0 Å². The molecule has 2 aliphatic rings. The van der Waals surface area contributed by atoms with Gasteiger partial charge in [0.25, 0.3) is 5.91 Å². The Morgan fingerprint density at radius 2 is 1.97 bits per heavy atom. The second-order valence-electron chi connectivity index (χ2n) is 7.87. The number of sulfonamides is 1. The fourth-order valence-electron chi connectivity index (χ4n) is 4.13. The van der Waals surface area contributed by atoms with Gasteiger partial charge in [-0.3, -0.25) is 10.2 Å². The molecule has 0 spiro atoms. The lowest BCUT2D eigenvalue weighted by atomic mass is 10.1. The summed E-state index contributed by atoms with van der Waals surface area (Å²) in [4.78, 5) is 17.6. The van der Waals surface area contributed by atoms with Crippen LogP contribution < -0.4 is 20.8 Å². The average molecular weight is 463 g/mol. The van der Waals surface area contributed by atoms with Gasteiger partial charge in [0.05, 0.1) is 17.2 Å². The lowest BCUT2D eigenvalue weighted by Gasteiger charge is -2.31. The molecule has 2 aromatic rings. The Bertz CT molecular complexity index is 1110. The normalized spacial score (nSPS) is 19.2. The lowest BCUT2D eigenvalue weighted by Crippen LogP contribution is -2.46. The number of benzene rings is 1. The van der Waals surface area contributed by atoms with E-state index >= 15 is 0 Å². The Labute approximate surface area is 188 Å². The summed E-state index contributed by atoms with van der Waals surface area (Å²) in [6.45, 7) is 8.20. The molecule has 0 aliphatic carbocycles. The molecule has 1 saturated heterocycles. The molecule has 1 aromatic carbocycles. The third-order valence-corrected chi connectivity index (χ3v) is 7.54. The summed E-state index contributed by atoms with van der Waals surface area (Å²) >= 11 is 0. The van der Waals surface area contributed by atoms with Crippen molar-refractivity contribution in [2.75, 3.05) is 38.2 Å². The standard InChI is InChI=1S/C21H30N6O4S/c1-4-6-18-23-14(3)19-21(28)24-20(25-27(18)19)16-13-15(7-8-17(16)31-5-2)32(29,30)26-11-9-22-10-12-26/h7-8,13,20,22,25H,4-6,9-12H2,1-3H3,(H,24,28). The minimum atomic E-state index is -3.66. The third kappa shape index (κ3) is 4.07. The number of aromatic nitrogens is 2. The molecule has 2 aliphatic heterocycles. The monoisotopic (exact) mass is 462 g/mol. The van der Waals surface area contributed by atoms with Crippen molar-refractivity contribution in [3.8, 4) is 5.75 Å². The Kier molecular flexibility index (Phi) is 6.40. The van der Waals surface area contributed by atoms with E-state index in [1.54, 1.807) is 29.8 Å². The topological polar surface area (TPSA) is 118 Å². The van der Waals surface area contributed by atoms with Gasteiger partial charge in [-0.25, -0.2) is 18.1 Å². The van der Waals surface area contributed by atoms with Crippen LogP contribution >= 0.6 is 0 Å². The van der Waals surface area contributed by atoms with Crippen molar-refractivity contribution < 1.29 is 17.9 Å². The largest absolute Gasteiger partial charge is 0.493 e. The highest BCUT2D eigenvalue weighted by Gasteiger charge is 2.33. The lowest BCUT2D eigenvalue weighted by molar-refractivity contribution is 0.0913. The van der Waals surface area contributed by atoms with Crippen LogP contribution in [0, 0.1) is 6.92 Å².